The van der Waals surface area contributed by atoms with Crippen molar-refractivity contribution in [3.63, 3.8) is 0 Å². The number of hydrogen-bond acceptors (Lipinski definition) is 1. The molecule has 0 N–H and O–H groups in total. The Kier molecular flexibility index (Phi) is 10.4. The van der Waals surface area contributed by atoms with E-state index in [2.05, 4.69) is 45.1 Å². The lowest BCUT2D eigenvalue weighted by atomic mass is 10.2. The van der Waals surface area contributed by atoms with Gasteiger partial charge in [0.2, 0.25) is 5.91 Å². The third kappa shape index (κ3) is 9.03. The van der Waals surface area contributed by atoms with E-state index in [1.165, 1.54) is 0 Å². The van der Waals surface area contributed by atoms with Gasteiger partial charge in [-0.25, -0.2) is 0 Å². The summed E-state index contributed by atoms with van der Waals surface area (Å²) in [5.41, 5.74) is 0. The minimum Gasteiger partial charge on any atom is -0.339 e. The van der Waals surface area contributed by atoms with Crippen LogP contribution in [0.3, 0.4) is 0 Å². The molecule has 0 rings (SSSR count). The second-order valence-electron chi connectivity index (χ2n) is 4.97. The molecule has 0 radical (unpaired) electrons. The number of carbonyl (C=O) groups excluding carboxylic acids is 1. The first kappa shape index (κ1) is 16.9. The van der Waals surface area contributed by atoms with Crippen LogP contribution in [0.5, 0.6) is 0 Å². The maximum Gasteiger partial charge on any atom is 0.222 e. The van der Waals surface area contributed by atoms with E-state index in [0.29, 0.717) is 12.3 Å². The van der Waals surface area contributed by atoms with Crippen molar-refractivity contribution in [2.45, 2.75) is 53.4 Å². The number of unbranched alkanes of at least 4 members (excludes halogenated alkanes) is 1. The monoisotopic (exact) mass is 251 g/mol. The Morgan fingerprint density at radius 1 is 1.06 bits per heavy atom. The lowest BCUT2D eigenvalue weighted by molar-refractivity contribution is -0.130. The molecule has 1 amide bonds. The van der Waals surface area contributed by atoms with Gasteiger partial charge in [0.05, 0.1) is 0 Å². The molecular weight excluding hydrogens is 222 g/mol. The second kappa shape index (κ2) is 11.1. The molecule has 0 aliphatic carbocycles. The van der Waals surface area contributed by atoms with E-state index in [0.717, 1.165) is 32.4 Å². The number of nitrogens with zero attached hydrogens (tertiary/aromatic N) is 1. The molecule has 0 heterocycles. The third-order valence-electron chi connectivity index (χ3n) is 2.64. The van der Waals surface area contributed by atoms with Gasteiger partial charge in [0, 0.05) is 19.5 Å². The van der Waals surface area contributed by atoms with Crippen molar-refractivity contribution in [2.75, 3.05) is 13.1 Å². The normalized spacial score (nSPS) is 11.8. The molecule has 0 spiro atoms. The average Bonchev–Trinajstić information content (AvgIpc) is 2.34. The van der Waals surface area contributed by atoms with Crippen molar-refractivity contribution >= 4 is 5.91 Å². The quantitative estimate of drug-likeness (QED) is 0.444. The minimum absolute atomic E-state index is 0.249. The Morgan fingerprint density at radius 2 is 1.67 bits per heavy atom. The first-order valence-electron chi connectivity index (χ1n) is 7.19. The van der Waals surface area contributed by atoms with Crippen molar-refractivity contribution in [3.8, 4) is 0 Å². The number of rotatable bonds is 9. The van der Waals surface area contributed by atoms with Crippen LogP contribution in [-0.2, 0) is 4.79 Å². The lowest BCUT2D eigenvalue weighted by Gasteiger charge is -2.22. The summed E-state index contributed by atoms with van der Waals surface area (Å²) >= 11 is 0. The summed E-state index contributed by atoms with van der Waals surface area (Å²) in [4.78, 5) is 13.7. The van der Waals surface area contributed by atoms with Crippen LogP contribution < -0.4 is 0 Å². The molecule has 0 bridgehead atoms. The molecule has 0 aliphatic heterocycles. The number of allylic oxidation sites excluding steroid dienone is 3. The van der Waals surface area contributed by atoms with Gasteiger partial charge in [-0.15, -0.1) is 0 Å². The SMILES string of the molecule is CC/C=C\CC/C=C/CN(CC(C)C)C(=O)CC. The molecule has 18 heavy (non-hydrogen) atoms. The van der Waals surface area contributed by atoms with E-state index in [-0.39, 0.29) is 5.91 Å². The maximum atomic E-state index is 11.7. The van der Waals surface area contributed by atoms with Gasteiger partial charge in [0.1, 0.15) is 0 Å². The van der Waals surface area contributed by atoms with Gasteiger partial charge in [0.15, 0.2) is 0 Å². The smallest absolute Gasteiger partial charge is 0.222 e. The van der Waals surface area contributed by atoms with E-state index in [9.17, 15) is 4.79 Å². The second-order valence-corrected chi connectivity index (χ2v) is 4.97. The van der Waals surface area contributed by atoms with Gasteiger partial charge in [-0.05, 0) is 25.2 Å². The highest BCUT2D eigenvalue weighted by Crippen LogP contribution is 2.02. The molecule has 0 aromatic heterocycles. The van der Waals surface area contributed by atoms with Crippen LogP contribution in [-0.4, -0.2) is 23.9 Å². The number of hydrogen-bond donors (Lipinski definition) is 0. The Labute approximate surface area is 113 Å². The van der Waals surface area contributed by atoms with Crippen LogP contribution in [0.4, 0.5) is 0 Å². The first-order valence-corrected chi connectivity index (χ1v) is 7.19. The Hall–Kier alpha value is -1.05. The summed E-state index contributed by atoms with van der Waals surface area (Å²) in [5.74, 6) is 0.778. The van der Waals surface area contributed by atoms with Gasteiger partial charge in [0.25, 0.3) is 0 Å². The fourth-order valence-electron chi connectivity index (χ4n) is 1.74. The lowest BCUT2D eigenvalue weighted by Crippen LogP contribution is -2.33. The molecule has 0 aromatic rings. The van der Waals surface area contributed by atoms with Gasteiger partial charge in [-0.3, -0.25) is 4.79 Å². The van der Waals surface area contributed by atoms with E-state index >= 15 is 0 Å². The Bertz CT molecular complexity index is 266. The molecule has 0 saturated carbocycles. The van der Waals surface area contributed by atoms with Crippen LogP contribution in [0.2, 0.25) is 0 Å². The fraction of sp³-hybridized carbons (Fsp3) is 0.688. The van der Waals surface area contributed by atoms with Crippen LogP contribution in [0, 0.1) is 5.92 Å². The molecule has 0 saturated heterocycles. The van der Waals surface area contributed by atoms with Crippen molar-refractivity contribution in [2.24, 2.45) is 5.92 Å². The number of amides is 1. The molecule has 0 atom stereocenters. The van der Waals surface area contributed by atoms with Crippen LogP contribution in [0.15, 0.2) is 24.3 Å². The van der Waals surface area contributed by atoms with Crippen LogP contribution in [0.25, 0.3) is 0 Å². The van der Waals surface area contributed by atoms with Crippen molar-refractivity contribution in [1.82, 2.24) is 4.90 Å². The van der Waals surface area contributed by atoms with E-state index in [4.69, 9.17) is 0 Å². The van der Waals surface area contributed by atoms with Crippen molar-refractivity contribution < 1.29 is 4.79 Å². The average molecular weight is 251 g/mol. The van der Waals surface area contributed by atoms with Gasteiger partial charge in [-0.2, -0.15) is 0 Å². The summed E-state index contributed by atoms with van der Waals surface area (Å²) in [6, 6.07) is 0. The van der Waals surface area contributed by atoms with Gasteiger partial charge in [-0.1, -0.05) is 52.0 Å². The van der Waals surface area contributed by atoms with E-state index in [1.807, 2.05) is 11.8 Å². The van der Waals surface area contributed by atoms with E-state index < -0.39 is 0 Å². The molecule has 0 aromatic carbocycles. The molecule has 104 valence electrons. The minimum atomic E-state index is 0.249. The molecule has 0 fully saturated rings. The zero-order valence-electron chi connectivity index (χ0n) is 12.5. The summed E-state index contributed by atoms with van der Waals surface area (Å²) in [7, 11) is 0. The van der Waals surface area contributed by atoms with Crippen molar-refractivity contribution in [1.29, 1.82) is 0 Å². The summed E-state index contributed by atoms with van der Waals surface area (Å²) in [5, 5.41) is 0. The molecular formula is C16H29NO. The highest BCUT2D eigenvalue weighted by molar-refractivity contribution is 5.75. The summed E-state index contributed by atoms with van der Waals surface area (Å²) in [6.45, 7) is 9.97. The highest BCUT2D eigenvalue weighted by atomic mass is 16.2. The largest absolute Gasteiger partial charge is 0.339 e. The first-order chi connectivity index (χ1) is 8.61. The van der Waals surface area contributed by atoms with E-state index in [1.54, 1.807) is 0 Å². The standard InChI is InChI=1S/C16H29NO/c1-5-7-8-9-10-11-12-13-17(14-15(3)4)16(18)6-2/h7-8,11-12,15H,5-6,9-10,13-14H2,1-4H3/b8-7-,12-11+. The Balaban J connectivity index is 3.98. The van der Waals surface area contributed by atoms with Gasteiger partial charge < -0.3 is 4.90 Å². The molecule has 0 unspecified atom stereocenters. The third-order valence-corrected chi connectivity index (χ3v) is 2.64. The summed E-state index contributed by atoms with van der Waals surface area (Å²) in [6.07, 6.45) is 12.6. The topological polar surface area (TPSA) is 20.3 Å². The van der Waals surface area contributed by atoms with Crippen LogP contribution >= 0.6 is 0 Å². The zero-order valence-corrected chi connectivity index (χ0v) is 12.5. The molecule has 2 heteroatoms. The fourth-order valence-corrected chi connectivity index (χ4v) is 1.74. The zero-order chi connectivity index (χ0) is 13.8. The highest BCUT2D eigenvalue weighted by Gasteiger charge is 2.10. The molecule has 2 nitrogen and oxygen atoms in total. The predicted octanol–water partition coefficient (Wildman–Crippen LogP) is 4.18. The van der Waals surface area contributed by atoms with Crippen LogP contribution in [0.1, 0.15) is 53.4 Å². The molecule has 0 aliphatic rings. The Morgan fingerprint density at radius 3 is 2.17 bits per heavy atom. The van der Waals surface area contributed by atoms with Crippen molar-refractivity contribution in [3.05, 3.63) is 24.3 Å². The maximum absolute atomic E-state index is 11.7. The van der Waals surface area contributed by atoms with Gasteiger partial charge >= 0.3 is 0 Å². The number of carbonyl (C=O) groups is 1. The predicted molar refractivity (Wildman–Crippen MR) is 79.5 cm³/mol. The summed E-state index contributed by atoms with van der Waals surface area (Å²) < 4.78 is 0.